The quantitative estimate of drug-likeness (QED) is 0.368. The van der Waals surface area contributed by atoms with Gasteiger partial charge in [-0.1, -0.05) is 23.7 Å². The minimum absolute atomic E-state index is 0.730. The topological polar surface area (TPSA) is 12.1 Å². The number of aromatic nitrogens is 2. The smallest absolute Gasteiger partial charge is 0.123 e. The van der Waals surface area contributed by atoms with Crippen LogP contribution < -0.4 is 4.90 Å². The molecule has 4 aromatic heterocycles. The summed E-state index contributed by atoms with van der Waals surface area (Å²) in [6.45, 7) is 0. The highest BCUT2D eigenvalue weighted by Crippen LogP contribution is 2.36. The predicted molar refractivity (Wildman–Crippen MR) is 108 cm³/mol. The van der Waals surface area contributed by atoms with E-state index in [-0.39, 0.29) is 0 Å². The molecule has 4 heterocycles. The van der Waals surface area contributed by atoms with Crippen molar-refractivity contribution in [2.24, 2.45) is 0 Å². The number of hydrogen-bond acceptors (Lipinski definition) is 1. The summed E-state index contributed by atoms with van der Waals surface area (Å²) in [4.78, 5) is 2.25. The fourth-order valence-electron chi connectivity index (χ4n) is 3.42. The van der Waals surface area contributed by atoms with Gasteiger partial charge in [0.05, 0.1) is 0 Å². The predicted octanol–water partition coefficient (Wildman–Crippen LogP) is 6.32. The summed E-state index contributed by atoms with van der Waals surface area (Å²) in [5, 5.41) is 0.730. The summed E-state index contributed by atoms with van der Waals surface area (Å²) < 4.78 is 4.38. The molecule has 0 bridgehead atoms. The standard InChI is InChI=1S/C22H16ClN3/c23-17-7-9-20(10-8-17)26(21-13-11-18-5-1-3-15-24(18)21)22-14-12-19-6-2-4-16-25(19)22/h1-16H. The number of pyridine rings is 2. The molecule has 5 aromatic rings. The average Bonchev–Trinajstić information content (AvgIpc) is 3.29. The minimum atomic E-state index is 0.730. The first kappa shape index (κ1) is 15.1. The summed E-state index contributed by atoms with van der Waals surface area (Å²) in [5.41, 5.74) is 3.37. The van der Waals surface area contributed by atoms with E-state index in [0.717, 1.165) is 33.4 Å². The van der Waals surface area contributed by atoms with Crippen LogP contribution in [-0.2, 0) is 0 Å². The molecule has 5 rings (SSSR count). The van der Waals surface area contributed by atoms with Crippen molar-refractivity contribution in [3.63, 3.8) is 0 Å². The zero-order valence-electron chi connectivity index (χ0n) is 14.0. The normalized spacial score (nSPS) is 11.3. The van der Waals surface area contributed by atoms with Crippen LogP contribution in [0.5, 0.6) is 0 Å². The number of nitrogens with zero attached hydrogens (tertiary/aromatic N) is 3. The molecule has 0 N–H and O–H groups in total. The second kappa shape index (κ2) is 5.97. The Labute approximate surface area is 156 Å². The molecule has 126 valence electrons. The van der Waals surface area contributed by atoms with Gasteiger partial charge in [0.15, 0.2) is 0 Å². The molecule has 0 spiro atoms. The van der Waals surface area contributed by atoms with Crippen LogP contribution in [0, 0.1) is 0 Å². The first-order valence-electron chi connectivity index (χ1n) is 8.49. The minimum Gasteiger partial charge on any atom is -0.303 e. The van der Waals surface area contributed by atoms with Crippen LogP contribution in [0.25, 0.3) is 11.0 Å². The number of halogens is 1. The Morgan fingerprint density at radius 2 is 1.12 bits per heavy atom. The van der Waals surface area contributed by atoms with Crippen LogP contribution in [0.15, 0.2) is 97.3 Å². The summed E-state index contributed by atoms with van der Waals surface area (Å²) in [5.74, 6) is 2.15. The molecular formula is C22H16ClN3. The molecular weight excluding hydrogens is 342 g/mol. The highest BCUT2D eigenvalue weighted by Gasteiger charge is 2.18. The number of anilines is 3. The monoisotopic (exact) mass is 357 g/mol. The van der Waals surface area contributed by atoms with E-state index < -0.39 is 0 Å². The Kier molecular flexibility index (Phi) is 3.47. The van der Waals surface area contributed by atoms with Gasteiger partial charge in [-0.3, -0.25) is 4.90 Å². The maximum Gasteiger partial charge on any atom is 0.123 e. The zero-order valence-corrected chi connectivity index (χ0v) is 14.7. The summed E-state index contributed by atoms with van der Waals surface area (Å²) >= 11 is 6.13. The molecule has 3 nitrogen and oxygen atoms in total. The fraction of sp³-hybridized carbons (Fsp3) is 0. The lowest BCUT2D eigenvalue weighted by Gasteiger charge is -2.24. The highest BCUT2D eigenvalue weighted by atomic mass is 35.5. The van der Waals surface area contributed by atoms with Crippen LogP contribution in [0.4, 0.5) is 17.3 Å². The molecule has 4 heteroatoms. The van der Waals surface area contributed by atoms with E-state index in [1.807, 2.05) is 36.4 Å². The number of fused-ring (bicyclic) bond motifs is 2. The Hall–Kier alpha value is -3.17. The highest BCUT2D eigenvalue weighted by molar-refractivity contribution is 6.30. The van der Waals surface area contributed by atoms with Crippen molar-refractivity contribution < 1.29 is 0 Å². The van der Waals surface area contributed by atoms with E-state index in [9.17, 15) is 0 Å². The van der Waals surface area contributed by atoms with Crippen molar-refractivity contribution in [2.45, 2.75) is 0 Å². The van der Waals surface area contributed by atoms with Crippen molar-refractivity contribution in [1.29, 1.82) is 0 Å². The Bertz CT molecular complexity index is 1130. The molecule has 0 aliphatic heterocycles. The van der Waals surface area contributed by atoms with Gasteiger partial charge in [0.1, 0.15) is 11.6 Å². The van der Waals surface area contributed by atoms with Crippen LogP contribution in [0.2, 0.25) is 5.02 Å². The van der Waals surface area contributed by atoms with Crippen molar-refractivity contribution in [3.05, 3.63) is 102 Å². The SMILES string of the molecule is Clc1ccc(N(c2ccc3ccccn23)c2ccc3ccccn23)cc1. The van der Waals surface area contributed by atoms with Gasteiger partial charge in [-0.25, -0.2) is 0 Å². The molecule has 1 aromatic carbocycles. The number of hydrogen-bond donors (Lipinski definition) is 0. The van der Waals surface area contributed by atoms with Gasteiger partial charge in [-0.2, -0.15) is 0 Å². The lowest BCUT2D eigenvalue weighted by molar-refractivity contribution is 1.06. The van der Waals surface area contributed by atoms with Gasteiger partial charge in [-0.15, -0.1) is 0 Å². The summed E-state index contributed by atoms with van der Waals surface area (Å²) in [6, 6.07) is 28.9. The summed E-state index contributed by atoms with van der Waals surface area (Å²) in [6.07, 6.45) is 4.17. The van der Waals surface area contributed by atoms with Gasteiger partial charge in [0.25, 0.3) is 0 Å². The first-order valence-corrected chi connectivity index (χ1v) is 8.87. The van der Waals surface area contributed by atoms with Crippen molar-refractivity contribution in [3.8, 4) is 0 Å². The largest absolute Gasteiger partial charge is 0.303 e. The van der Waals surface area contributed by atoms with Gasteiger partial charge in [0.2, 0.25) is 0 Å². The van der Waals surface area contributed by atoms with E-state index in [4.69, 9.17) is 11.6 Å². The fourth-order valence-corrected chi connectivity index (χ4v) is 3.54. The molecule has 0 saturated heterocycles. The van der Waals surface area contributed by atoms with Crippen LogP contribution in [0.1, 0.15) is 0 Å². The van der Waals surface area contributed by atoms with Crippen molar-refractivity contribution in [2.75, 3.05) is 4.90 Å². The van der Waals surface area contributed by atoms with Crippen molar-refractivity contribution in [1.82, 2.24) is 8.80 Å². The maximum atomic E-state index is 6.13. The Morgan fingerprint density at radius 3 is 1.65 bits per heavy atom. The lowest BCUT2D eigenvalue weighted by atomic mass is 10.3. The van der Waals surface area contributed by atoms with Gasteiger partial charge >= 0.3 is 0 Å². The third kappa shape index (κ3) is 2.37. The van der Waals surface area contributed by atoms with E-state index in [0.29, 0.717) is 0 Å². The maximum absolute atomic E-state index is 6.13. The van der Waals surface area contributed by atoms with Gasteiger partial charge < -0.3 is 8.80 Å². The van der Waals surface area contributed by atoms with Crippen molar-refractivity contribution >= 4 is 40.0 Å². The van der Waals surface area contributed by atoms with E-state index in [2.05, 4.69) is 74.6 Å². The molecule has 0 unspecified atom stereocenters. The third-order valence-electron chi connectivity index (χ3n) is 4.63. The molecule has 26 heavy (non-hydrogen) atoms. The molecule has 0 amide bonds. The van der Waals surface area contributed by atoms with Crippen LogP contribution >= 0.6 is 11.6 Å². The number of rotatable bonds is 3. The van der Waals surface area contributed by atoms with Gasteiger partial charge in [0, 0.05) is 34.1 Å². The molecule has 0 fully saturated rings. The molecule has 0 radical (unpaired) electrons. The molecule has 0 aliphatic carbocycles. The van der Waals surface area contributed by atoms with Gasteiger partial charge in [-0.05, 0) is 72.8 Å². The Morgan fingerprint density at radius 1 is 0.577 bits per heavy atom. The average molecular weight is 358 g/mol. The lowest BCUT2D eigenvalue weighted by Crippen LogP contribution is -2.14. The zero-order chi connectivity index (χ0) is 17.5. The number of benzene rings is 1. The van der Waals surface area contributed by atoms with Crippen LogP contribution in [-0.4, -0.2) is 8.80 Å². The first-order chi connectivity index (χ1) is 12.8. The van der Waals surface area contributed by atoms with E-state index >= 15 is 0 Å². The third-order valence-corrected chi connectivity index (χ3v) is 4.88. The van der Waals surface area contributed by atoms with Crippen LogP contribution in [0.3, 0.4) is 0 Å². The Balaban J connectivity index is 1.79. The van der Waals surface area contributed by atoms with E-state index in [1.165, 1.54) is 0 Å². The molecule has 0 aliphatic rings. The molecule has 0 saturated carbocycles. The second-order valence-corrected chi connectivity index (χ2v) is 6.62. The summed E-state index contributed by atoms with van der Waals surface area (Å²) in [7, 11) is 0. The molecule has 0 atom stereocenters. The second-order valence-electron chi connectivity index (χ2n) is 6.19. The van der Waals surface area contributed by atoms with E-state index in [1.54, 1.807) is 0 Å².